The van der Waals surface area contributed by atoms with Crippen molar-refractivity contribution in [1.29, 1.82) is 0 Å². The summed E-state index contributed by atoms with van der Waals surface area (Å²) in [6, 6.07) is 5.86. The van der Waals surface area contributed by atoms with Crippen LogP contribution in [0.1, 0.15) is 18.9 Å². The van der Waals surface area contributed by atoms with Crippen LogP contribution in [0.25, 0.3) is 0 Å². The summed E-state index contributed by atoms with van der Waals surface area (Å²) in [6.45, 7) is 3.50. The van der Waals surface area contributed by atoms with Crippen LogP contribution in [0.5, 0.6) is 5.88 Å². The second-order valence-electron chi connectivity index (χ2n) is 5.55. The Labute approximate surface area is 139 Å². The number of hydrogen-bond acceptors (Lipinski definition) is 5. The van der Waals surface area contributed by atoms with Gasteiger partial charge in [0.25, 0.3) is 0 Å². The largest absolute Gasteiger partial charge is 0.477 e. The number of carbonyl (C=O) groups is 1. The number of halogens is 1. The third-order valence-corrected chi connectivity index (χ3v) is 3.81. The molecule has 1 fully saturated rings. The molecule has 3 rings (SSSR count). The first-order valence-electron chi connectivity index (χ1n) is 7.90. The molecule has 0 spiro atoms. The van der Waals surface area contributed by atoms with Crippen molar-refractivity contribution in [1.82, 2.24) is 14.9 Å². The first-order chi connectivity index (χ1) is 11.7. The van der Waals surface area contributed by atoms with E-state index in [1.54, 1.807) is 23.2 Å². The predicted molar refractivity (Wildman–Crippen MR) is 87.0 cm³/mol. The second-order valence-corrected chi connectivity index (χ2v) is 5.55. The first kappa shape index (κ1) is 16.2. The van der Waals surface area contributed by atoms with Crippen LogP contribution >= 0.6 is 0 Å². The molecule has 1 atom stereocenters. The molecule has 126 valence electrons. The summed E-state index contributed by atoms with van der Waals surface area (Å²) in [6.07, 6.45) is 3.78. The monoisotopic (exact) mass is 330 g/mol. The standard InChI is InChI=1S/C17H19FN4O2/c1-2-24-16-10-19-9-15(21-16)20-14-7-8-22(17(14)23)11-12-3-5-13(18)6-4-12/h3-6,9-10,14H,2,7-8,11H2,1H3,(H,20,21). The SMILES string of the molecule is CCOc1cncc(NC2CCN(Cc3ccc(F)cc3)C2=O)n1. The van der Waals surface area contributed by atoms with Crippen molar-refractivity contribution in [3.63, 3.8) is 0 Å². The number of aromatic nitrogens is 2. The van der Waals surface area contributed by atoms with Crippen molar-refractivity contribution in [2.75, 3.05) is 18.5 Å². The fourth-order valence-corrected chi connectivity index (χ4v) is 2.65. The van der Waals surface area contributed by atoms with Gasteiger partial charge in [0.15, 0.2) is 0 Å². The van der Waals surface area contributed by atoms with Gasteiger partial charge in [0, 0.05) is 13.1 Å². The lowest BCUT2D eigenvalue weighted by Gasteiger charge is -2.17. The Bertz CT molecular complexity index is 708. The first-order valence-corrected chi connectivity index (χ1v) is 7.90. The molecule has 1 aliphatic rings. The van der Waals surface area contributed by atoms with Gasteiger partial charge < -0.3 is 15.0 Å². The van der Waals surface area contributed by atoms with E-state index >= 15 is 0 Å². The molecule has 1 aromatic carbocycles. The van der Waals surface area contributed by atoms with Crippen molar-refractivity contribution < 1.29 is 13.9 Å². The molecule has 1 aromatic heterocycles. The second kappa shape index (κ2) is 7.25. The summed E-state index contributed by atoms with van der Waals surface area (Å²) in [5, 5.41) is 3.11. The van der Waals surface area contributed by atoms with E-state index in [9.17, 15) is 9.18 Å². The van der Waals surface area contributed by atoms with E-state index in [0.29, 0.717) is 37.8 Å². The molecule has 7 heteroatoms. The Morgan fingerprint density at radius 1 is 1.33 bits per heavy atom. The normalized spacial score (nSPS) is 17.2. The molecule has 1 saturated heterocycles. The zero-order valence-electron chi connectivity index (χ0n) is 13.4. The summed E-state index contributed by atoms with van der Waals surface area (Å²) in [5.41, 5.74) is 0.906. The number of nitrogens with zero attached hydrogens (tertiary/aromatic N) is 3. The van der Waals surface area contributed by atoms with E-state index in [-0.39, 0.29) is 17.8 Å². The summed E-state index contributed by atoms with van der Waals surface area (Å²) >= 11 is 0. The minimum Gasteiger partial charge on any atom is -0.477 e. The third-order valence-electron chi connectivity index (χ3n) is 3.81. The van der Waals surface area contributed by atoms with Crippen molar-refractivity contribution >= 4 is 11.7 Å². The minimum atomic E-state index is -0.336. The number of benzene rings is 1. The molecule has 0 radical (unpaired) electrons. The number of ether oxygens (including phenoxy) is 1. The lowest BCUT2D eigenvalue weighted by Crippen LogP contribution is -2.33. The van der Waals surface area contributed by atoms with E-state index in [1.807, 2.05) is 6.92 Å². The Morgan fingerprint density at radius 3 is 2.88 bits per heavy atom. The lowest BCUT2D eigenvalue weighted by atomic mass is 10.2. The van der Waals surface area contributed by atoms with Crippen LogP contribution in [-0.2, 0) is 11.3 Å². The molecule has 2 aromatic rings. The Balaban J connectivity index is 1.61. The highest BCUT2D eigenvalue weighted by Gasteiger charge is 2.31. The van der Waals surface area contributed by atoms with Crippen LogP contribution in [-0.4, -0.2) is 40.0 Å². The number of nitrogens with one attached hydrogen (secondary N) is 1. The van der Waals surface area contributed by atoms with Gasteiger partial charge in [-0.15, -0.1) is 0 Å². The number of carbonyl (C=O) groups excluding carboxylic acids is 1. The van der Waals surface area contributed by atoms with Crippen LogP contribution in [0.15, 0.2) is 36.7 Å². The zero-order chi connectivity index (χ0) is 16.9. The van der Waals surface area contributed by atoms with Gasteiger partial charge in [-0.05, 0) is 31.0 Å². The maximum absolute atomic E-state index is 13.0. The average Bonchev–Trinajstić information content (AvgIpc) is 2.91. The Hall–Kier alpha value is -2.70. The van der Waals surface area contributed by atoms with Crippen LogP contribution < -0.4 is 10.1 Å². The maximum atomic E-state index is 13.0. The molecule has 6 nitrogen and oxygen atoms in total. The van der Waals surface area contributed by atoms with Gasteiger partial charge in [0.1, 0.15) is 17.7 Å². The van der Waals surface area contributed by atoms with Crippen molar-refractivity contribution in [2.45, 2.75) is 25.9 Å². The van der Waals surface area contributed by atoms with Crippen LogP contribution in [0.2, 0.25) is 0 Å². The highest BCUT2D eigenvalue weighted by atomic mass is 19.1. The number of anilines is 1. The van der Waals surface area contributed by atoms with Crippen molar-refractivity contribution in [2.24, 2.45) is 0 Å². The number of rotatable bonds is 6. The van der Waals surface area contributed by atoms with E-state index in [4.69, 9.17) is 4.74 Å². The van der Waals surface area contributed by atoms with Crippen LogP contribution in [0, 0.1) is 5.82 Å². The molecule has 0 saturated carbocycles. The summed E-state index contributed by atoms with van der Waals surface area (Å²) in [5.74, 6) is 0.667. The molecule has 2 heterocycles. The van der Waals surface area contributed by atoms with Gasteiger partial charge in [-0.1, -0.05) is 12.1 Å². The number of likely N-dealkylation sites (tertiary alicyclic amines) is 1. The maximum Gasteiger partial charge on any atom is 0.245 e. The van der Waals surface area contributed by atoms with Crippen molar-refractivity contribution in [3.05, 3.63) is 48.0 Å². The molecule has 1 unspecified atom stereocenters. The van der Waals surface area contributed by atoms with Gasteiger partial charge in [0.05, 0.1) is 19.0 Å². The molecular formula is C17H19FN4O2. The fourth-order valence-electron chi connectivity index (χ4n) is 2.65. The van der Waals surface area contributed by atoms with Crippen LogP contribution in [0.3, 0.4) is 0 Å². The van der Waals surface area contributed by atoms with Gasteiger partial charge >= 0.3 is 0 Å². The summed E-state index contributed by atoms with van der Waals surface area (Å²) in [7, 11) is 0. The lowest BCUT2D eigenvalue weighted by molar-refractivity contribution is -0.128. The van der Waals surface area contributed by atoms with Crippen LogP contribution in [0.4, 0.5) is 10.2 Å². The van der Waals surface area contributed by atoms with Gasteiger partial charge in [-0.3, -0.25) is 9.78 Å². The molecule has 0 aliphatic carbocycles. The molecule has 1 amide bonds. The topological polar surface area (TPSA) is 67.3 Å². The Morgan fingerprint density at radius 2 is 2.12 bits per heavy atom. The highest BCUT2D eigenvalue weighted by Crippen LogP contribution is 2.19. The van der Waals surface area contributed by atoms with E-state index in [1.165, 1.54) is 18.3 Å². The molecule has 1 N–H and O–H groups in total. The van der Waals surface area contributed by atoms with E-state index < -0.39 is 0 Å². The molecule has 1 aliphatic heterocycles. The smallest absolute Gasteiger partial charge is 0.245 e. The predicted octanol–water partition coefficient (Wildman–Crippen LogP) is 2.23. The number of hydrogen-bond donors (Lipinski definition) is 1. The van der Waals surface area contributed by atoms with Gasteiger partial charge in [-0.2, -0.15) is 4.98 Å². The molecule has 0 bridgehead atoms. The summed E-state index contributed by atoms with van der Waals surface area (Å²) < 4.78 is 18.3. The zero-order valence-corrected chi connectivity index (χ0v) is 13.4. The van der Waals surface area contributed by atoms with Gasteiger partial charge in [-0.25, -0.2) is 4.39 Å². The van der Waals surface area contributed by atoms with E-state index in [2.05, 4.69) is 15.3 Å². The highest BCUT2D eigenvalue weighted by molar-refractivity contribution is 5.86. The Kier molecular flexibility index (Phi) is 4.88. The molecule has 24 heavy (non-hydrogen) atoms. The van der Waals surface area contributed by atoms with Crippen molar-refractivity contribution in [3.8, 4) is 5.88 Å². The van der Waals surface area contributed by atoms with E-state index in [0.717, 1.165) is 5.56 Å². The quantitative estimate of drug-likeness (QED) is 0.880. The minimum absolute atomic E-state index is 0.00272. The third kappa shape index (κ3) is 3.79. The van der Waals surface area contributed by atoms with Gasteiger partial charge in [0.2, 0.25) is 11.8 Å². The average molecular weight is 330 g/mol. The number of amides is 1. The fraction of sp³-hybridized carbons (Fsp3) is 0.353. The summed E-state index contributed by atoms with van der Waals surface area (Å²) in [4.78, 5) is 22.6. The molecular weight excluding hydrogens is 311 g/mol.